The molecule has 26 heavy (non-hydrogen) atoms. The summed E-state index contributed by atoms with van der Waals surface area (Å²) in [5, 5.41) is -1.05. The Morgan fingerprint density at radius 2 is 1.65 bits per heavy atom. The van der Waals surface area contributed by atoms with Gasteiger partial charge in [-0.05, 0) is 42.2 Å². The Balaban J connectivity index is 2.42. The van der Waals surface area contributed by atoms with E-state index in [1.807, 2.05) is 13.8 Å². The third-order valence-corrected chi connectivity index (χ3v) is 7.66. The minimum absolute atomic E-state index is 0.115. The Bertz CT molecular complexity index is 923. The summed E-state index contributed by atoms with van der Waals surface area (Å²) in [6.07, 6.45) is 2.99. The Kier molecular flexibility index (Phi) is 6.54. The second-order valence-corrected chi connectivity index (χ2v) is 10.5. The molecular formula is C18H24N2O4S2. The van der Waals surface area contributed by atoms with Crippen LogP contribution in [0.15, 0.2) is 53.7 Å². The lowest BCUT2D eigenvalue weighted by Crippen LogP contribution is -2.33. The molecule has 1 heterocycles. The van der Waals surface area contributed by atoms with E-state index in [-0.39, 0.29) is 23.1 Å². The zero-order valence-electron chi connectivity index (χ0n) is 15.1. The smallest absolute Gasteiger partial charge is 0.211 e. The van der Waals surface area contributed by atoms with Gasteiger partial charge in [0.1, 0.15) is 5.25 Å². The first-order chi connectivity index (χ1) is 12.2. The summed E-state index contributed by atoms with van der Waals surface area (Å²) in [6.45, 7) is 5.32. The number of benzene rings is 1. The van der Waals surface area contributed by atoms with Crippen LogP contribution in [0.25, 0.3) is 0 Å². The van der Waals surface area contributed by atoms with E-state index < -0.39 is 25.1 Å². The molecule has 0 amide bonds. The van der Waals surface area contributed by atoms with Gasteiger partial charge < -0.3 is 0 Å². The van der Waals surface area contributed by atoms with Gasteiger partial charge >= 0.3 is 0 Å². The minimum Gasteiger partial charge on any atom is -0.264 e. The molecule has 0 unspecified atom stereocenters. The molecular weight excluding hydrogens is 372 g/mol. The molecule has 0 fully saturated rings. The van der Waals surface area contributed by atoms with Crippen LogP contribution in [0.4, 0.5) is 0 Å². The fourth-order valence-electron chi connectivity index (χ4n) is 2.48. The number of hydrogen-bond donors (Lipinski definition) is 1. The quantitative estimate of drug-likeness (QED) is 0.740. The van der Waals surface area contributed by atoms with Crippen molar-refractivity contribution in [2.45, 2.75) is 36.8 Å². The molecule has 1 atom stereocenters. The zero-order chi connectivity index (χ0) is 19.4. The van der Waals surface area contributed by atoms with Crippen LogP contribution in [0.3, 0.4) is 0 Å². The molecule has 2 aromatic rings. The summed E-state index contributed by atoms with van der Waals surface area (Å²) >= 11 is 0. The highest BCUT2D eigenvalue weighted by Crippen LogP contribution is 2.29. The highest BCUT2D eigenvalue weighted by molar-refractivity contribution is 7.92. The van der Waals surface area contributed by atoms with E-state index >= 15 is 0 Å². The van der Waals surface area contributed by atoms with Crippen LogP contribution in [0.1, 0.15) is 43.1 Å². The lowest BCUT2D eigenvalue weighted by molar-refractivity contribution is 0.569. The van der Waals surface area contributed by atoms with Crippen LogP contribution in [0.5, 0.6) is 0 Å². The maximum Gasteiger partial charge on any atom is 0.211 e. The summed E-state index contributed by atoms with van der Waals surface area (Å²) in [6, 6.07) is 9.98. The molecule has 0 radical (unpaired) electrons. The van der Waals surface area contributed by atoms with Crippen molar-refractivity contribution in [3.63, 3.8) is 0 Å². The molecule has 142 valence electrons. The average Bonchev–Trinajstić information content (AvgIpc) is 2.62. The van der Waals surface area contributed by atoms with E-state index in [0.29, 0.717) is 5.56 Å². The van der Waals surface area contributed by atoms with Gasteiger partial charge in [0.05, 0.1) is 10.6 Å². The summed E-state index contributed by atoms with van der Waals surface area (Å²) in [4.78, 5) is 4.13. The highest BCUT2D eigenvalue weighted by Gasteiger charge is 2.30. The Morgan fingerprint density at radius 1 is 1.00 bits per heavy atom. The van der Waals surface area contributed by atoms with Crippen LogP contribution in [-0.4, -0.2) is 34.1 Å². The molecule has 6 nitrogen and oxygen atoms in total. The van der Waals surface area contributed by atoms with E-state index in [4.69, 9.17) is 0 Å². The van der Waals surface area contributed by atoms with E-state index in [1.54, 1.807) is 42.6 Å². The topological polar surface area (TPSA) is 93.2 Å². The van der Waals surface area contributed by atoms with Crippen molar-refractivity contribution in [1.29, 1.82) is 0 Å². The number of nitrogens with zero attached hydrogens (tertiary/aromatic N) is 1. The average molecular weight is 397 g/mol. The van der Waals surface area contributed by atoms with E-state index in [9.17, 15) is 16.8 Å². The molecule has 0 saturated carbocycles. The standard InChI is InChI=1S/C18H24N2O4S2/c1-4-25(21,22)20-13-18(16-6-5-11-19-12-16)26(23,24)17-9-7-15(8-10-17)14(2)3/h5-12,14,18,20H,4,13H2,1-3H3/t18-/m1/s1. The maximum absolute atomic E-state index is 13.2. The van der Waals surface area contributed by atoms with Gasteiger partial charge in [-0.2, -0.15) is 0 Å². The molecule has 0 saturated heterocycles. The molecule has 1 N–H and O–H groups in total. The highest BCUT2D eigenvalue weighted by atomic mass is 32.2. The van der Waals surface area contributed by atoms with Gasteiger partial charge in [-0.3, -0.25) is 4.98 Å². The fourth-order valence-corrected chi connectivity index (χ4v) is 4.86. The molecule has 1 aromatic heterocycles. The normalized spacial score (nSPS) is 13.7. The molecule has 0 aliphatic heterocycles. The van der Waals surface area contributed by atoms with Gasteiger partial charge in [-0.25, -0.2) is 21.6 Å². The molecule has 0 aliphatic carbocycles. The lowest BCUT2D eigenvalue weighted by Gasteiger charge is -2.19. The van der Waals surface area contributed by atoms with Crippen molar-refractivity contribution in [3.05, 3.63) is 59.9 Å². The molecule has 8 heteroatoms. The first-order valence-electron chi connectivity index (χ1n) is 8.38. The predicted octanol–water partition coefficient (Wildman–Crippen LogP) is 2.66. The SMILES string of the molecule is CCS(=O)(=O)NC[C@H](c1cccnc1)S(=O)(=O)c1ccc(C(C)C)cc1. The van der Waals surface area contributed by atoms with Gasteiger partial charge in [-0.1, -0.05) is 32.0 Å². The van der Waals surface area contributed by atoms with E-state index in [2.05, 4.69) is 9.71 Å². The van der Waals surface area contributed by atoms with Gasteiger partial charge in [0.2, 0.25) is 10.0 Å². The summed E-state index contributed by atoms with van der Waals surface area (Å²) in [7, 11) is -7.31. The Labute approximate surface area is 155 Å². The summed E-state index contributed by atoms with van der Waals surface area (Å²) in [5.74, 6) is 0.174. The van der Waals surface area contributed by atoms with Gasteiger partial charge in [0, 0.05) is 18.9 Å². The zero-order valence-corrected chi connectivity index (χ0v) is 16.7. The third-order valence-electron chi connectivity index (χ3n) is 4.17. The number of rotatable bonds is 8. The van der Waals surface area contributed by atoms with Crippen LogP contribution < -0.4 is 4.72 Å². The molecule has 1 aromatic carbocycles. The van der Waals surface area contributed by atoms with Crippen molar-refractivity contribution in [3.8, 4) is 0 Å². The predicted molar refractivity (Wildman–Crippen MR) is 102 cm³/mol. The minimum atomic E-state index is -3.79. The molecule has 2 rings (SSSR count). The van der Waals surface area contributed by atoms with Gasteiger partial charge in [0.15, 0.2) is 9.84 Å². The van der Waals surface area contributed by atoms with E-state index in [1.165, 1.54) is 13.1 Å². The number of hydrogen-bond acceptors (Lipinski definition) is 5. The lowest BCUT2D eigenvalue weighted by atomic mass is 10.0. The second-order valence-electron chi connectivity index (χ2n) is 6.30. The van der Waals surface area contributed by atoms with Crippen LogP contribution >= 0.6 is 0 Å². The first-order valence-corrected chi connectivity index (χ1v) is 11.6. The number of aromatic nitrogens is 1. The number of nitrogens with one attached hydrogen (secondary N) is 1. The monoisotopic (exact) mass is 396 g/mol. The maximum atomic E-state index is 13.2. The van der Waals surface area contributed by atoms with Crippen LogP contribution in [0, 0.1) is 0 Å². The van der Waals surface area contributed by atoms with E-state index in [0.717, 1.165) is 5.56 Å². The van der Waals surface area contributed by atoms with Crippen LogP contribution in [-0.2, 0) is 19.9 Å². The summed E-state index contributed by atoms with van der Waals surface area (Å²) in [5.41, 5.74) is 1.48. The van der Waals surface area contributed by atoms with Gasteiger partial charge in [-0.15, -0.1) is 0 Å². The summed E-state index contributed by atoms with van der Waals surface area (Å²) < 4.78 is 52.3. The fraction of sp³-hybridized carbons (Fsp3) is 0.389. The van der Waals surface area contributed by atoms with Crippen LogP contribution in [0.2, 0.25) is 0 Å². The largest absolute Gasteiger partial charge is 0.264 e. The van der Waals surface area contributed by atoms with Gasteiger partial charge in [0.25, 0.3) is 0 Å². The van der Waals surface area contributed by atoms with Crippen molar-refractivity contribution in [2.24, 2.45) is 0 Å². The second kappa shape index (κ2) is 8.28. The Morgan fingerprint density at radius 3 is 2.15 bits per heavy atom. The number of sulfone groups is 1. The molecule has 0 aliphatic rings. The Hall–Kier alpha value is -1.77. The number of sulfonamides is 1. The number of pyridine rings is 1. The molecule has 0 spiro atoms. The van der Waals surface area contributed by atoms with Crippen molar-refractivity contribution >= 4 is 19.9 Å². The third kappa shape index (κ3) is 4.90. The van der Waals surface area contributed by atoms with Crippen molar-refractivity contribution in [1.82, 2.24) is 9.71 Å². The van der Waals surface area contributed by atoms with Crippen molar-refractivity contribution in [2.75, 3.05) is 12.3 Å². The molecule has 0 bridgehead atoms. The first kappa shape index (κ1) is 20.5. The van der Waals surface area contributed by atoms with Crippen molar-refractivity contribution < 1.29 is 16.8 Å².